The van der Waals surface area contributed by atoms with Crippen LogP contribution in [0, 0.1) is 5.41 Å². The molecule has 106 valence electrons. The van der Waals surface area contributed by atoms with Crippen molar-refractivity contribution in [3.63, 3.8) is 0 Å². The molecule has 2 atom stereocenters. The molecule has 19 heavy (non-hydrogen) atoms. The largest absolute Gasteiger partial charge is 0.327 e. The van der Waals surface area contributed by atoms with Crippen molar-refractivity contribution in [1.82, 2.24) is 4.90 Å². The summed E-state index contributed by atoms with van der Waals surface area (Å²) < 4.78 is 0. The van der Waals surface area contributed by atoms with Gasteiger partial charge < -0.3 is 5.73 Å². The fourth-order valence-corrected chi connectivity index (χ4v) is 3.63. The van der Waals surface area contributed by atoms with Gasteiger partial charge in [0.05, 0.1) is 0 Å². The maximum Gasteiger partial charge on any atom is 0.0296 e. The zero-order chi connectivity index (χ0) is 14.0. The number of fused-ring (bicyclic) bond motifs is 1. The van der Waals surface area contributed by atoms with Gasteiger partial charge in [-0.2, -0.15) is 0 Å². The Labute approximate surface area is 118 Å². The van der Waals surface area contributed by atoms with E-state index < -0.39 is 0 Å². The molecule has 0 amide bonds. The molecule has 0 radical (unpaired) electrons. The van der Waals surface area contributed by atoms with Gasteiger partial charge in [-0.3, -0.25) is 4.90 Å². The van der Waals surface area contributed by atoms with Crippen LogP contribution >= 0.6 is 0 Å². The van der Waals surface area contributed by atoms with Crippen molar-refractivity contribution in [3.8, 4) is 0 Å². The van der Waals surface area contributed by atoms with Gasteiger partial charge in [-0.25, -0.2) is 0 Å². The van der Waals surface area contributed by atoms with Gasteiger partial charge in [-0.1, -0.05) is 45.0 Å². The lowest BCUT2D eigenvalue weighted by atomic mass is 9.81. The van der Waals surface area contributed by atoms with Gasteiger partial charge in [0.2, 0.25) is 0 Å². The van der Waals surface area contributed by atoms with Crippen molar-refractivity contribution >= 4 is 0 Å². The molecule has 2 nitrogen and oxygen atoms in total. The minimum absolute atomic E-state index is 0.199. The highest BCUT2D eigenvalue weighted by atomic mass is 15.2. The van der Waals surface area contributed by atoms with Crippen LogP contribution in [0.3, 0.4) is 0 Å². The molecule has 0 aromatic heterocycles. The highest BCUT2D eigenvalue weighted by molar-refractivity contribution is 5.28. The van der Waals surface area contributed by atoms with Gasteiger partial charge in [-0.05, 0) is 42.9 Å². The Balaban J connectivity index is 2.26. The van der Waals surface area contributed by atoms with Crippen LogP contribution < -0.4 is 5.73 Å². The quantitative estimate of drug-likeness (QED) is 0.885. The summed E-state index contributed by atoms with van der Waals surface area (Å²) in [5.74, 6) is 0. The van der Waals surface area contributed by atoms with Crippen LogP contribution in [0.1, 0.15) is 45.2 Å². The van der Waals surface area contributed by atoms with Crippen molar-refractivity contribution < 1.29 is 0 Å². The SMILES string of the molecule is CC(N)C(N1CCCc2ccccc2C1)C(C)(C)C. The third kappa shape index (κ3) is 3.37. The predicted octanol–water partition coefficient (Wildman–Crippen LogP) is 3.20. The summed E-state index contributed by atoms with van der Waals surface area (Å²) in [7, 11) is 0. The van der Waals surface area contributed by atoms with Gasteiger partial charge >= 0.3 is 0 Å². The second-order valence-electron chi connectivity index (χ2n) is 7.01. The maximum absolute atomic E-state index is 6.28. The standard InChI is InChI=1S/C17H28N2/c1-13(18)16(17(2,3)4)19-11-7-10-14-8-5-6-9-15(14)12-19/h5-6,8-9,13,16H,7,10-12,18H2,1-4H3. The first-order valence-corrected chi connectivity index (χ1v) is 7.46. The van der Waals surface area contributed by atoms with Gasteiger partial charge in [0.1, 0.15) is 0 Å². The molecule has 0 saturated carbocycles. The van der Waals surface area contributed by atoms with E-state index >= 15 is 0 Å². The number of nitrogens with zero attached hydrogens (tertiary/aromatic N) is 1. The van der Waals surface area contributed by atoms with E-state index in [4.69, 9.17) is 5.73 Å². The summed E-state index contributed by atoms with van der Waals surface area (Å²) in [5.41, 5.74) is 9.50. The lowest BCUT2D eigenvalue weighted by molar-refractivity contribution is 0.0764. The van der Waals surface area contributed by atoms with E-state index in [1.54, 1.807) is 0 Å². The first kappa shape index (κ1) is 14.5. The summed E-state index contributed by atoms with van der Waals surface area (Å²) in [4.78, 5) is 2.59. The van der Waals surface area contributed by atoms with Crippen LogP contribution in [0.4, 0.5) is 0 Å². The molecular formula is C17H28N2. The Hall–Kier alpha value is -0.860. The van der Waals surface area contributed by atoms with E-state index in [0.717, 1.165) is 13.1 Å². The Morgan fingerprint density at radius 1 is 1.16 bits per heavy atom. The van der Waals surface area contributed by atoms with Crippen molar-refractivity contribution in [3.05, 3.63) is 35.4 Å². The maximum atomic E-state index is 6.28. The Morgan fingerprint density at radius 2 is 1.79 bits per heavy atom. The normalized spacial score (nSPS) is 20.5. The highest BCUT2D eigenvalue weighted by Gasteiger charge is 2.33. The average Bonchev–Trinajstić information content (AvgIpc) is 2.48. The van der Waals surface area contributed by atoms with Gasteiger partial charge in [0.15, 0.2) is 0 Å². The van der Waals surface area contributed by atoms with Crippen LogP contribution in [0.2, 0.25) is 0 Å². The minimum atomic E-state index is 0.199. The van der Waals surface area contributed by atoms with Crippen LogP contribution in [0.15, 0.2) is 24.3 Å². The fourth-order valence-electron chi connectivity index (χ4n) is 3.63. The van der Waals surface area contributed by atoms with Gasteiger partial charge in [0, 0.05) is 18.6 Å². The van der Waals surface area contributed by atoms with E-state index in [0.29, 0.717) is 6.04 Å². The molecule has 2 heteroatoms. The third-order valence-corrected chi connectivity index (χ3v) is 4.16. The van der Waals surface area contributed by atoms with E-state index in [2.05, 4.69) is 56.9 Å². The molecule has 2 N–H and O–H groups in total. The number of nitrogens with two attached hydrogens (primary N) is 1. The van der Waals surface area contributed by atoms with E-state index in [1.807, 2.05) is 0 Å². The predicted molar refractivity (Wildman–Crippen MR) is 82.1 cm³/mol. The zero-order valence-electron chi connectivity index (χ0n) is 12.8. The van der Waals surface area contributed by atoms with Gasteiger partial charge in [0.25, 0.3) is 0 Å². The summed E-state index contributed by atoms with van der Waals surface area (Å²) in [5, 5.41) is 0. The van der Waals surface area contributed by atoms with Crippen LogP contribution in [0.5, 0.6) is 0 Å². The van der Waals surface area contributed by atoms with E-state index in [9.17, 15) is 0 Å². The number of benzene rings is 1. The van der Waals surface area contributed by atoms with Crippen molar-refractivity contribution in [1.29, 1.82) is 0 Å². The van der Waals surface area contributed by atoms with Crippen molar-refractivity contribution in [2.24, 2.45) is 11.1 Å². The smallest absolute Gasteiger partial charge is 0.0296 e. The minimum Gasteiger partial charge on any atom is -0.327 e. The molecule has 1 aliphatic rings. The first-order valence-electron chi connectivity index (χ1n) is 7.46. The van der Waals surface area contributed by atoms with E-state index in [1.165, 1.54) is 24.0 Å². The molecule has 0 spiro atoms. The lowest BCUT2D eigenvalue weighted by Gasteiger charge is -2.42. The number of hydrogen-bond donors (Lipinski definition) is 1. The summed E-state index contributed by atoms with van der Waals surface area (Å²) >= 11 is 0. The summed E-state index contributed by atoms with van der Waals surface area (Å²) in [6.07, 6.45) is 2.43. The molecule has 0 aliphatic carbocycles. The molecule has 0 saturated heterocycles. The molecule has 2 rings (SSSR count). The topological polar surface area (TPSA) is 29.3 Å². The number of rotatable bonds is 2. The van der Waals surface area contributed by atoms with Crippen molar-refractivity contribution in [2.45, 2.75) is 59.2 Å². The summed E-state index contributed by atoms with van der Waals surface area (Å²) in [6.45, 7) is 11.2. The van der Waals surface area contributed by atoms with Crippen LogP contribution in [-0.2, 0) is 13.0 Å². The molecular weight excluding hydrogens is 232 g/mol. The molecule has 2 unspecified atom stereocenters. The molecule has 1 heterocycles. The first-order chi connectivity index (χ1) is 8.89. The van der Waals surface area contributed by atoms with Crippen LogP contribution in [0.25, 0.3) is 0 Å². The van der Waals surface area contributed by atoms with Crippen LogP contribution in [-0.4, -0.2) is 23.5 Å². The second-order valence-corrected chi connectivity index (χ2v) is 7.01. The highest BCUT2D eigenvalue weighted by Crippen LogP contribution is 2.30. The Kier molecular flexibility index (Phi) is 4.32. The molecule has 1 aromatic rings. The zero-order valence-corrected chi connectivity index (χ0v) is 12.8. The number of aryl methyl sites for hydroxylation is 1. The average molecular weight is 260 g/mol. The number of hydrogen-bond acceptors (Lipinski definition) is 2. The lowest BCUT2D eigenvalue weighted by Crippen LogP contribution is -2.53. The molecule has 0 bridgehead atoms. The Morgan fingerprint density at radius 3 is 2.37 bits per heavy atom. The van der Waals surface area contributed by atoms with Crippen molar-refractivity contribution in [2.75, 3.05) is 6.54 Å². The second kappa shape index (κ2) is 5.64. The van der Waals surface area contributed by atoms with Gasteiger partial charge in [-0.15, -0.1) is 0 Å². The summed E-state index contributed by atoms with van der Waals surface area (Å²) in [6, 6.07) is 9.48. The third-order valence-electron chi connectivity index (χ3n) is 4.16. The Bertz CT molecular complexity index is 418. The molecule has 1 aliphatic heterocycles. The van der Waals surface area contributed by atoms with E-state index in [-0.39, 0.29) is 11.5 Å². The monoisotopic (exact) mass is 260 g/mol. The molecule has 0 fully saturated rings. The molecule has 1 aromatic carbocycles. The fraction of sp³-hybridized carbons (Fsp3) is 0.647.